The van der Waals surface area contributed by atoms with E-state index in [0.29, 0.717) is 22.9 Å². The second kappa shape index (κ2) is 14.8. The van der Waals surface area contributed by atoms with Crippen LogP contribution in [0.3, 0.4) is 0 Å². The molecular formula is C54H37N5. The lowest BCUT2D eigenvalue weighted by Crippen LogP contribution is -2.19. The van der Waals surface area contributed by atoms with E-state index >= 15 is 0 Å². The fourth-order valence-corrected chi connectivity index (χ4v) is 8.66. The first-order chi connectivity index (χ1) is 29.1. The molecule has 0 spiro atoms. The third kappa shape index (κ3) is 6.23. The zero-order chi connectivity index (χ0) is 39.9. The van der Waals surface area contributed by atoms with Gasteiger partial charge in [-0.15, -0.1) is 0 Å². The van der Waals surface area contributed by atoms with Crippen molar-refractivity contribution in [2.24, 2.45) is 5.92 Å². The number of nitriles is 2. The molecule has 0 radical (unpaired) electrons. The SMILES string of the molecule is CC1C=C(N(c2ccc(-c3ccccc3)cc2C#N)c2ccc3ccc4c(N(c5ccccn5)c5ccc(-c6ccccc6)cc5C#N)ccc5ccc2c3c54)C=CC1. The molecule has 1 atom stereocenters. The van der Waals surface area contributed by atoms with Crippen molar-refractivity contribution in [3.63, 3.8) is 0 Å². The minimum absolute atomic E-state index is 0.339. The highest BCUT2D eigenvalue weighted by molar-refractivity contribution is 6.28. The van der Waals surface area contributed by atoms with E-state index in [1.165, 1.54) is 0 Å². The predicted octanol–water partition coefficient (Wildman–Crippen LogP) is 14.1. The molecular weight excluding hydrogens is 719 g/mol. The molecule has 8 aromatic carbocycles. The molecule has 0 saturated heterocycles. The van der Waals surface area contributed by atoms with Crippen molar-refractivity contribution in [2.45, 2.75) is 13.3 Å². The number of nitrogens with zero attached hydrogens (tertiary/aromatic N) is 5. The van der Waals surface area contributed by atoms with Crippen LogP contribution in [0.25, 0.3) is 54.6 Å². The van der Waals surface area contributed by atoms with Gasteiger partial charge in [-0.1, -0.05) is 134 Å². The van der Waals surface area contributed by atoms with Crippen molar-refractivity contribution >= 4 is 60.9 Å². The monoisotopic (exact) mass is 755 g/mol. The molecule has 0 fully saturated rings. The van der Waals surface area contributed by atoms with E-state index in [0.717, 1.165) is 89.4 Å². The maximum absolute atomic E-state index is 10.7. The Morgan fingerprint density at radius 1 is 0.525 bits per heavy atom. The van der Waals surface area contributed by atoms with Crippen LogP contribution in [0.5, 0.6) is 0 Å². The highest BCUT2D eigenvalue weighted by Gasteiger charge is 2.25. The van der Waals surface area contributed by atoms with Crippen molar-refractivity contribution in [1.82, 2.24) is 4.98 Å². The Labute approximate surface area is 343 Å². The summed E-state index contributed by atoms with van der Waals surface area (Å²) >= 11 is 0. The molecule has 5 heteroatoms. The molecule has 1 aliphatic rings. The van der Waals surface area contributed by atoms with Gasteiger partial charge in [0.15, 0.2) is 0 Å². The topological polar surface area (TPSA) is 67.0 Å². The quantitative estimate of drug-likeness (QED) is 0.144. The molecule has 1 aromatic heterocycles. The molecule has 0 N–H and O–H groups in total. The average molecular weight is 756 g/mol. The third-order valence-electron chi connectivity index (χ3n) is 11.4. The number of anilines is 5. The van der Waals surface area contributed by atoms with Crippen LogP contribution >= 0.6 is 0 Å². The summed E-state index contributed by atoms with van der Waals surface area (Å²) in [5, 5.41) is 28.0. The Kier molecular flexibility index (Phi) is 8.90. The van der Waals surface area contributed by atoms with Crippen LogP contribution in [-0.4, -0.2) is 4.98 Å². The second-order valence-electron chi connectivity index (χ2n) is 15.1. The van der Waals surface area contributed by atoms with Crippen LogP contribution in [0.4, 0.5) is 28.6 Å². The van der Waals surface area contributed by atoms with Crippen molar-refractivity contribution in [3.05, 3.63) is 205 Å². The molecule has 1 unspecified atom stereocenters. The summed E-state index contributed by atoms with van der Waals surface area (Å²) in [6.45, 7) is 2.23. The van der Waals surface area contributed by atoms with Crippen molar-refractivity contribution in [1.29, 1.82) is 10.5 Å². The Morgan fingerprint density at radius 3 is 1.56 bits per heavy atom. The van der Waals surface area contributed by atoms with Crippen LogP contribution in [0, 0.1) is 28.6 Å². The number of benzene rings is 8. The van der Waals surface area contributed by atoms with Gasteiger partial charge in [-0.3, -0.25) is 4.90 Å². The van der Waals surface area contributed by atoms with Crippen LogP contribution in [0.1, 0.15) is 24.5 Å². The lowest BCUT2D eigenvalue weighted by Gasteiger charge is -2.31. The van der Waals surface area contributed by atoms with E-state index in [2.05, 4.69) is 138 Å². The zero-order valence-electron chi connectivity index (χ0n) is 32.4. The lowest BCUT2D eigenvalue weighted by molar-refractivity contribution is 0.726. The maximum atomic E-state index is 10.7. The largest absolute Gasteiger partial charge is 0.309 e. The first-order valence-corrected chi connectivity index (χ1v) is 19.9. The molecule has 5 nitrogen and oxygen atoms in total. The highest BCUT2D eigenvalue weighted by atomic mass is 15.2. The molecule has 0 amide bonds. The molecule has 1 heterocycles. The normalized spacial score (nSPS) is 13.6. The van der Waals surface area contributed by atoms with Crippen LogP contribution in [0.15, 0.2) is 194 Å². The summed E-state index contributed by atoms with van der Waals surface area (Å²) in [6, 6.07) is 61.1. The number of hydrogen-bond donors (Lipinski definition) is 0. The second-order valence-corrected chi connectivity index (χ2v) is 15.1. The Morgan fingerprint density at radius 2 is 1.03 bits per heavy atom. The van der Waals surface area contributed by atoms with Gasteiger partial charge in [0.1, 0.15) is 18.0 Å². The molecule has 0 saturated carbocycles. The van der Waals surface area contributed by atoms with Crippen LogP contribution in [-0.2, 0) is 0 Å². The standard InChI is InChI=1S/C54H37N5/c1-36-11-10-16-45(31-36)58(48-26-22-41(32-43(48)34-55)37-12-4-2-5-13-37)50-28-20-39-19-25-47-51(29-21-40-18-24-46(50)53(39)54(40)47)59(52-17-8-9-30-57-52)49-27-23-42(33-44(49)35-56)38-14-6-3-7-15-38/h2-10,12-33,36H,11H2,1H3. The van der Waals surface area contributed by atoms with E-state index in [9.17, 15) is 10.5 Å². The highest BCUT2D eigenvalue weighted by Crippen LogP contribution is 2.48. The molecule has 0 bridgehead atoms. The molecule has 278 valence electrons. The van der Waals surface area contributed by atoms with E-state index in [1.54, 1.807) is 6.20 Å². The van der Waals surface area contributed by atoms with Gasteiger partial charge >= 0.3 is 0 Å². The van der Waals surface area contributed by atoms with Gasteiger partial charge in [0.2, 0.25) is 0 Å². The Bertz CT molecular complexity index is 3170. The number of allylic oxidation sites excluding steroid dienone is 3. The van der Waals surface area contributed by atoms with Crippen molar-refractivity contribution < 1.29 is 0 Å². The van der Waals surface area contributed by atoms with Gasteiger partial charge in [-0.2, -0.15) is 10.5 Å². The number of aromatic nitrogens is 1. The number of pyridine rings is 1. The molecule has 10 rings (SSSR count). The zero-order valence-corrected chi connectivity index (χ0v) is 32.4. The average Bonchev–Trinajstić information content (AvgIpc) is 3.30. The number of rotatable bonds is 8. The van der Waals surface area contributed by atoms with E-state index in [4.69, 9.17) is 4.98 Å². The minimum atomic E-state index is 0.339. The summed E-state index contributed by atoms with van der Waals surface area (Å²) in [5.41, 5.74) is 9.79. The smallest absolute Gasteiger partial charge is 0.137 e. The molecule has 1 aliphatic carbocycles. The van der Waals surface area contributed by atoms with Crippen LogP contribution < -0.4 is 9.80 Å². The summed E-state index contributed by atoms with van der Waals surface area (Å²) in [4.78, 5) is 9.21. The maximum Gasteiger partial charge on any atom is 0.137 e. The summed E-state index contributed by atoms with van der Waals surface area (Å²) in [6.07, 6.45) is 9.48. The molecule has 59 heavy (non-hydrogen) atoms. The van der Waals surface area contributed by atoms with Gasteiger partial charge in [0.05, 0.1) is 33.9 Å². The summed E-state index contributed by atoms with van der Waals surface area (Å²) in [7, 11) is 0. The van der Waals surface area contributed by atoms with E-state index < -0.39 is 0 Å². The molecule has 9 aromatic rings. The van der Waals surface area contributed by atoms with E-state index in [1.807, 2.05) is 72.8 Å². The van der Waals surface area contributed by atoms with Gasteiger partial charge in [0, 0.05) is 22.7 Å². The summed E-state index contributed by atoms with van der Waals surface area (Å²) < 4.78 is 0. The predicted molar refractivity (Wildman–Crippen MR) is 243 cm³/mol. The minimum Gasteiger partial charge on any atom is -0.309 e. The van der Waals surface area contributed by atoms with E-state index in [-0.39, 0.29) is 0 Å². The fraction of sp³-hybridized carbons (Fsp3) is 0.0556. The van der Waals surface area contributed by atoms with Crippen molar-refractivity contribution in [3.8, 4) is 34.4 Å². The number of hydrogen-bond acceptors (Lipinski definition) is 5. The van der Waals surface area contributed by atoms with Gasteiger partial charge < -0.3 is 4.90 Å². The van der Waals surface area contributed by atoms with Crippen molar-refractivity contribution in [2.75, 3.05) is 9.80 Å². The van der Waals surface area contributed by atoms with Crippen LogP contribution in [0.2, 0.25) is 0 Å². The van der Waals surface area contributed by atoms with Gasteiger partial charge in [-0.25, -0.2) is 4.98 Å². The summed E-state index contributed by atoms with van der Waals surface area (Å²) in [5.74, 6) is 1.05. The molecule has 0 aliphatic heterocycles. The Hall–Kier alpha value is -7.99. The van der Waals surface area contributed by atoms with Gasteiger partial charge in [-0.05, 0) is 111 Å². The third-order valence-corrected chi connectivity index (χ3v) is 11.4. The first kappa shape index (κ1) is 35.4. The Balaban J connectivity index is 1.20. The fourth-order valence-electron chi connectivity index (χ4n) is 8.66. The lowest BCUT2D eigenvalue weighted by atomic mass is 9.91. The van der Waals surface area contributed by atoms with Gasteiger partial charge in [0.25, 0.3) is 0 Å². The first-order valence-electron chi connectivity index (χ1n) is 19.9.